The monoisotopic (exact) mass is 327 g/mol. The number of nitrogens with one attached hydrogen (secondary N) is 1. The highest BCUT2D eigenvalue weighted by molar-refractivity contribution is 5.94. The Kier molecular flexibility index (Phi) is 3.92. The third kappa shape index (κ3) is 2.64. The van der Waals surface area contributed by atoms with Gasteiger partial charge in [0.1, 0.15) is 5.82 Å². The minimum Gasteiger partial charge on any atom is -0.328 e. The molecular formula is C17H21N5O2. The number of carbonyl (C=O) groups excluding carboxylic acids is 1. The number of rotatable bonds is 2. The molecule has 2 aliphatic rings. The molecule has 2 aromatic heterocycles. The van der Waals surface area contributed by atoms with Crippen molar-refractivity contribution in [1.82, 2.24) is 24.6 Å². The standard InChI is InChI=1S/C17H21N5O2/c23-15-8-7-12(11-18-15)17(24)21-10-4-5-13(21)16-20-19-14-6-2-1-3-9-22(14)16/h7-8,11,13H,1-6,9-10H2,(H,18,23). The second-order valence-corrected chi connectivity index (χ2v) is 6.53. The van der Waals surface area contributed by atoms with Gasteiger partial charge in [0.15, 0.2) is 5.82 Å². The fourth-order valence-corrected chi connectivity index (χ4v) is 3.74. The van der Waals surface area contributed by atoms with E-state index in [1.807, 2.05) is 4.90 Å². The summed E-state index contributed by atoms with van der Waals surface area (Å²) in [4.78, 5) is 28.5. The number of hydrogen-bond donors (Lipinski definition) is 1. The fraction of sp³-hybridized carbons (Fsp3) is 0.529. The Bertz CT molecular complexity index is 789. The van der Waals surface area contributed by atoms with E-state index in [1.165, 1.54) is 18.7 Å². The average molecular weight is 327 g/mol. The van der Waals surface area contributed by atoms with E-state index in [0.717, 1.165) is 50.3 Å². The zero-order chi connectivity index (χ0) is 16.5. The molecule has 126 valence electrons. The Morgan fingerprint density at radius 3 is 2.88 bits per heavy atom. The van der Waals surface area contributed by atoms with Crippen LogP contribution in [-0.4, -0.2) is 37.1 Å². The van der Waals surface area contributed by atoms with E-state index in [0.29, 0.717) is 12.1 Å². The van der Waals surface area contributed by atoms with Crippen molar-refractivity contribution >= 4 is 5.91 Å². The van der Waals surface area contributed by atoms with E-state index >= 15 is 0 Å². The third-order valence-corrected chi connectivity index (χ3v) is 4.98. The van der Waals surface area contributed by atoms with Crippen LogP contribution in [0.5, 0.6) is 0 Å². The van der Waals surface area contributed by atoms with Crippen molar-refractivity contribution in [2.75, 3.05) is 6.54 Å². The highest BCUT2D eigenvalue weighted by Crippen LogP contribution is 2.33. The Morgan fingerprint density at radius 1 is 1.12 bits per heavy atom. The number of aromatic amines is 1. The Morgan fingerprint density at radius 2 is 2.04 bits per heavy atom. The summed E-state index contributed by atoms with van der Waals surface area (Å²) in [5.41, 5.74) is 0.310. The van der Waals surface area contributed by atoms with E-state index < -0.39 is 0 Å². The number of carbonyl (C=O) groups is 1. The first-order valence-corrected chi connectivity index (χ1v) is 8.66. The van der Waals surface area contributed by atoms with Crippen LogP contribution in [0.1, 0.15) is 60.2 Å². The van der Waals surface area contributed by atoms with Gasteiger partial charge in [0, 0.05) is 31.8 Å². The van der Waals surface area contributed by atoms with Gasteiger partial charge in [-0.05, 0) is 31.7 Å². The van der Waals surface area contributed by atoms with Gasteiger partial charge in [-0.3, -0.25) is 9.59 Å². The number of likely N-dealkylation sites (tertiary alicyclic amines) is 1. The maximum absolute atomic E-state index is 12.8. The molecule has 2 aromatic rings. The largest absolute Gasteiger partial charge is 0.328 e. The van der Waals surface area contributed by atoms with Gasteiger partial charge in [0.25, 0.3) is 5.91 Å². The van der Waals surface area contributed by atoms with Gasteiger partial charge in [0.05, 0.1) is 11.6 Å². The minimum atomic E-state index is -0.202. The van der Waals surface area contributed by atoms with E-state index in [-0.39, 0.29) is 17.5 Å². The van der Waals surface area contributed by atoms with Gasteiger partial charge < -0.3 is 14.5 Å². The minimum absolute atomic E-state index is 0.0243. The van der Waals surface area contributed by atoms with Gasteiger partial charge in [-0.15, -0.1) is 10.2 Å². The number of amides is 1. The van der Waals surface area contributed by atoms with Gasteiger partial charge in [-0.2, -0.15) is 0 Å². The van der Waals surface area contributed by atoms with Crippen molar-refractivity contribution in [3.8, 4) is 0 Å². The normalized spacial score (nSPS) is 20.7. The molecule has 7 nitrogen and oxygen atoms in total. The molecule has 1 saturated heterocycles. The lowest BCUT2D eigenvalue weighted by molar-refractivity contribution is 0.0726. The third-order valence-electron chi connectivity index (χ3n) is 4.98. The summed E-state index contributed by atoms with van der Waals surface area (Å²) in [6, 6.07) is 2.95. The molecule has 4 rings (SSSR count). The molecule has 0 bridgehead atoms. The van der Waals surface area contributed by atoms with Crippen LogP contribution in [0.25, 0.3) is 0 Å². The van der Waals surface area contributed by atoms with Crippen LogP contribution in [-0.2, 0) is 13.0 Å². The molecular weight excluding hydrogens is 306 g/mol. The first-order chi connectivity index (χ1) is 11.7. The zero-order valence-corrected chi connectivity index (χ0v) is 13.6. The second kappa shape index (κ2) is 6.22. The van der Waals surface area contributed by atoms with Gasteiger partial charge in [-0.1, -0.05) is 6.42 Å². The summed E-state index contributed by atoms with van der Waals surface area (Å²) < 4.78 is 2.22. The van der Waals surface area contributed by atoms with Gasteiger partial charge in [0.2, 0.25) is 5.56 Å². The van der Waals surface area contributed by atoms with Gasteiger partial charge >= 0.3 is 0 Å². The van der Waals surface area contributed by atoms with E-state index in [2.05, 4.69) is 19.7 Å². The number of hydrogen-bond acceptors (Lipinski definition) is 4. The molecule has 1 fully saturated rings. The number of aromatic nitrogens is 4. The smallest absolute Gasteiger partial charge is 0.255 e. The van der Waals surface area contributed by atoms with Crippen molar-refractivity contribution in [3.63, 3.8) is 0 Å². The lowest BCUT2D eigenvalue weighted by atomic mass is 10.1. The van der Waals surface area contributed by atoms with Crippen LogP contribution in [0, 0.1) is 0 Å². The molecule has 0 radical (unpaired) electrons. The lowest BCUT2D eigenvalue weighted by Gasteiger charge is -2.24. The van der Waals surface area contributed by atoms with Crippen molar-refractivity contribution in [1.29, 1.82) is 0 Å². The lowest BCUT2D eigenvalue weighted by Crippen LogP contribution is -2.32. The topological polar surface area (TPSA) is 83.9 Å². The SMILES string of the molecule is O=C(c1ccc(=O)[nH]c1)N1CCCC1c1nnc2n1CCCCC2. The predicted molar refractivity (Wildman–Crippen MR) is 87.7 cm³/mol. The average Bonchev–Trinajstić information content (AvgIpc) is 3.16. The van der Waals surface area contributed by atoms with Crippen molar-refractivity contribution in [3.05, 3.63) is 45.9 Å². The molecule has 1 N–H and O–H groups in total. The second-order valence-electron chi connectivity index (χ2n) is 6.53. The summed E-state index contributed by atoms with van der Waals surface area (Å²) in [6.07, 6.45) is 7.84. The first kappa shape index (κ1) is 15.1. The number of nitrogens with zero attached hydrogens (tertiary/aromatic N) is 4. The Labute approximate surface area is 139 Å². The molecule has 2 aliphatic heterocycles. The molecule has 7 heteroatoms. The number of fused-ring (bicyclic) bond motifs is 1. The molecule has 4 heterocycles. The van der Waals surface area contributed by atoms with Crippen LogP contribution in [0.3, 0.4) is 0 Å². The Balaban J connectivity index is 1.63. The van der Waals surface area contributed by atoms with Crippen LogP contribution in [0.4, 0.5) is 0 Å². The zero-order valence-electron chi connectivity index (χ0n) is 13.6. The van der Waals surface area contributed by atoms with Crippen molar-refractivity contribution < 1.29 is 4.79 Å². The van der Waals surface area contributed by atoms with E-state index in [9.17, 15) is 9.59 Å². The molecule has 0 aliphatic carbocycles. The quantitative estimate of drug-likeness (QED) is 0.909. The number of aryl methyl sites for hydroxylation is 1. The summed E-state index contributed by atoms with van der Waals surface area (Å²) in [5, 5.41) is 8.79. The summed E-state index contributed by atoms with van der Waals surface area (Å²) in [6.45, 7) is 1.65. The molecule has 0 saturated carbocycles. The van der Waals surface area contributed by atoms with Crippen LogP contribution < -0.4 is 5.56 Å². The maximum Gasteiger partial charge on any atom is 0.255 e. The highest BCUT2D eigenvalue weighted by atomic mass is 16.2. The highest BCUT2D eigenvalue weighted by Gasteiger charge is 2.34. The molecule has 1 atom stereocenters. The summed E-state index contributed by atoms with van der Waals surface area (Å²) in [7, 11) is 0. The predicted octanol–water partition coefficient (Wildman–Crippen LogP) is 1.67. The van der Waals surface area contributed by atoms with Gasteiger partial charge in [-0.25, -0.2) is 0 Å². The summed E-state index contributed by atoms with van der Waals surface area (Å²) in [5.74, 6) is 1.91. The van der Waals surface area contributed by atoms with Crippen molar-refractivity contribution in [2.45, 2.75) is 51.1 Å². The first-order valence-electron chi connectivity index (χ1n) is 8.66. The molecule has 1 amide bonds. The van der Waals surface area contributed by atoms with E-state index in [4.69, 9.17) is 0 Å². The molecule has 0 aromatic carbocycles. The molecule has 24 heavy (non-hydrogen) atoms. The van der Waals surface area contributed by atoms with Crippen LogP contribution in [0.2, 0.25) is 0 Å². The van der Waals surface area contributed by atoms with Crippen LogP contribution >= 0.6 is 0 Å². The Hall–Kier alpha value is -2.44. The number of H-pyrrole nitrogens is 1. The van der Waals surface area contributed by atoms with E-state index in [1.54, 1.807) is 6.07 Å². The summed E-state index contributed by atoms with van der Waals surface area (Å²) >= 11 is 0. The molecule has 0 spiro atoms. The maximum atomic E-state index is 12.8. The number of pyridine rings is 1. The van der Waals surface area contributed by atoms with Crippen LogP contribution in [0.15, 0.2) is 23.1 Å². The fourth-order valence-electron chi connectivity index (χ4n) is 3.74. The van der Waals surface area contributed by atoms with Crippen molar-refractivity contribution in [2.24, 2.45) is 0 Å². The molecule has 1 unspecified atom stereocenters.